The van der Waals surface area contributed by atoms with Crippen LogP contribution in [0.15, 0.2) is 18.2 Å². The van der Waals surface area contributed by atoms with Gasteiger partial charge in [0.25, 0.3) is 0 Å². The van der Waals surface area contributed by atoms with Crippen LogP contribution in [0.5, 0.6) is 11.5 Å². The van der Waals surface area contributed by atoms with E-state index in [1.165, 1.54) is 12.1 Å². The first-order valence-corrected chi connectivity index (χ1v) is 13.6. The molecule has 0 heterocycles. The van der Waals surface area contributed by atoms with Crippen LogP contribution in [0.25, 0.3) is 0 Å². The highest BCUT2D eigenvalue weighted by Gasteiger charge is 2.36. The molecule has 0 radical (unpaired) electrons. The average Bonchev–Trinajstić information content (AvgIpc) is 2.85. The van der Waals surface area contributed by atoms with Crippen molar-refractivity contribution in [1.29, 1.82) is 0 Å². The van der Waals surface area contributed by atoms with Gasteiger partial charge in [-0.1, -0.05) is 60.5 Å². The number of carboxylic acids is 1. The van der Waals surface area contributed by atoms with Crippen LogP contribution in [0.3, 0.4) is 0 Å². The Bertz CT molecular complexity index is 947. The molecule has 9 nitrogen and oxygen atoms in total. The Labute approximate surface area is 226 Å². The second-order valence-corrected chi connectivity index (χ2v) is 10.1. The van der Waals surface area contributed by atoms with E-state index in [4.69, 9.17) is 19.9 Å². The highest BCUT2D eigenvalue weighted by atomic mass is 16.6. The first-order valence-electron chi connectivity index (χ1n) is 13.6. The first kappa shape index (κ1) is 33.1. The lowest BCUT2D eigenvalue weighted by Crippen LogP contribution is -2.42. The van der Waals surface area contributed by atoms with E-state index >= 15 is 0 Å². The van der Waals surface area contributed by atoms with Crippen molar-refractivity contribution in [3.05, 3.63) is 23.8 Å². The monoisotopic (exact) mass is 535 g/mol. The van der Waals surface area contributed by atoms with E-state index in [0.717, 1.165) is 12.8 Å². The van der Waals surface area contributed by atoms with Gasteiger partial charge < -0.3 is 25.1 Å². The quantitative estimate of drug-likeness (QED) is 0.215. The van der Waals surface area contributed by atoms with E-state index in [9.17, 15) is 24.3 Å². The fourth-order valence-electron chi connectivity index (χ4n) is 4.28. The minimum absolute atomic E-state index is 0.0120. The van der Waals surface area contributed by atoms with Gasteiger partial charge in [0.15, 0.2) is 11.5 Å². The summed E-state index contributed by atoms with van der Waals surface area (Å²) in [7, 11) is 0. The van der Waals surface area contributed by atoms with Crippen LogP contribution in [-0.4, -0.2) is 41.1 Å². The predicted molar refractivity (Wildman–Crippen MR) is 144 cm³/mol. The second-order valence-electron chi connectivity index (χ2n) is 10.1. The van der Waals surface area contributed by atoms with Crippen molar-refractivity contribution in [3.63, 3.8) is 0 Å². The molecular formula is C29H45NO8. The van der Waals surface area contributed by atoms with Crippen molar-refractivity contribution in [2.45, 2.75) is 105 Å². The highest BCUT2D eigenvalue weighted by molar-refractivity contribution is 5.79. The molecule has 1 aromatic rings. The number of aliphatic carboxylic acids is 1. The number of ether oxygens (including phenoxy) is 3. The summed E-state index contributed by atoms with van der Waals surface area (Å²) >= 11 is 0. The standard InChI is InChI=1S/C29H45NO8/c1-8-11-17(4)28(34)37-22-15-14-21(16-23(22)38-29(35)18(5)12-9-2)25(26(30)27(32)33)19(6)20(7)36-24(31)13-10-3/h14-20,25-26H,8-13,30H2,1-7H3,(H,32,33)/t17?,18?,19?,20?,25?,26-/m0/s1. The first-order chi connectivity index (χ1) is 17.9. The Morgan fingerprint density at radius 3 is 1.84 bits per heavy atom. The van der Waals surface area contributed by atoms with Crippen LogP contribution in [-0.2, 0) is 23.9 Å². The van der Waals surface area contributed by atoms with Gasteiger partial charge in [0.1, 0.15) is 12.1 Å². The molecule has 214 valence electrons. The van der Waals surface area contributed by atoms with E-state index in [1.54, 1.807) is 33.8 Å². The van der Waals surface area contributed by atoms with Crippen molar-refractivity contribution in [2.24, 2.45) is 23.5 Å². The molecule has 0 amide bonds. The van der Waals surface area contributed by atoms with E-state index in [2.05, 4.69) is 0 Å². The maximum atomic E-state index is 12.8. The van der Waals surface area contributed by atoms with Crippen molar-refractivity contribution in [2.75, 3.05) is 0 Å². The van der Waals surface area contributed by atoms with Crippen molar-refractivity contribution >= 4 is 23.9 Å². The molecule has 0 aliphatic carbocycles. The Kier molecular flexibility index (Phi) is 14.0. The molecule has 0 aliphatic heterocycles. The Hall–Kier alpha value is -2.94. The molecule has 1 aromatic carbocycles. The Morgan fingerprint density at radius 2 is 1.37 bits per heavy atom. The number of carbonyl (C=O) groups excluding carboxylic acids is 3. The van der Waals surface area contributed by atoms with Crippen LogP contribution in [0.4, 0.5) is 0 Å². The van der Waals surface area contributed by atoms with Crippen LogP contribution >= 0.6 is 0 Å². The zero-order valence-electron chi connectivity index (χ0n) is 23.8. The molecular weight excluding hydrogens is 490 g/mol. The van der Waals surface area contributed by atoms with Crippen molar-refractivity contribution in [1.82, 2.24) is 0 Å². The van der Waals surface area contributed by atoms with Gasteiger partial charge in [0, 0.05) is 18.3 Å². The number of benzene rings is 1. The molecule has 0 bridgehead atoms. The third kappa shape index (κ3) is 9.74. The van der Waals surface area contributed by atoms with Gasteiger partial charge in [-0.2, -0.15) is 0 Å². The summed E-state index contributed by atoms with van der Waals surface area (Å²) in [5, 5.41) is 9.75. The van der Waals surface area contributed by atoms with Crippen LogP contribution < -0.4 is 15.2 Å². The fourth-order valence-corrected chi connectivity index (χ4v) is 4.28. The lowest BCUT2D eigenvalue weighted by molar-refractivity contribution is -0.151. The summed E-state index contributed by atoms with van der Waals surface area (Å²) in [6.07, 6.45) is 3.09. The van der Waals surface area contributed by atoms with Gasteiger partial charge in [-0.05, 0) is 43.9 Å². The Balaban J connectivity index is 3.50. The third-order valence-corrected chi connectivity index (χ3v) is 6.77. The van der Waals surface area contributed by atoms with Gasteiger partial charge in [0.2, 0.25) is 0 Å². The summed E-state index contributed by atoms with van der Waals surface area (Å²) in [5.74, 6) is -4.51. The number of hydrogen-bond acceptors (Lipinski definition) is 8. The number of rotatable bonds is 16. The molecule has 1 rings (SSSR count). The fraction of sp³-hybridized carbons (Fsp3) is 0.655. The Morgan fingerprint density at radius 1 is 0.842 bits per heavy atom. The van der Waals surface area contributed by atoms with Gasteiger partial charge in [0.05, 0.1) is 11.8 Å². The molecule has 6 atom stereocenters. The van der Waals surface area contributed by atoms with E-state index in [-0.39, 0.29) is 35.7 Å². The molecule has 0 aromatic heterocycles. The molecule has 0 aliphatic rings. The molecule has 3 N–H and O–H groups in total. The van der Waals surface area contributed by atoms with Crippen LogP contribution in [0.2, 0.25) is 0 Å². The molecule has 0 saturated heterocycles. The summed E-state index contributed by atoms with van der Waals surface area (Å²) in [6.45, 7) is 12.8. The normalized spacial score (nSPS) is 15.9. The molecule has 38 heavy (non-hydrogen) atoms. The SMILES string of the molecule is CCCC(=O)OC(C)C(C)C(c1ccc(OC(=O)C(C)CCC)c(OC(=O)C(C)CCC)c1)[C@H](N)C(=O)O. The second kappa shape index (κ2) is 16.1. The molecule has 0 spiro atoms. The van der Waals surface area contributed by atoms with Gasteiger partial charge >= 0.3 is 23.9 Å². The van der Waals surface area contributed by atoms with Crippen molar-refractivity contribution in [3.8, 4) is 11.5 Å². The van der Waals surface area contributed by atoms with E-state index < -0.39 is 41.9 Å². The molecule has 0 fully saturated rings. The van der Waals surface area contributed by atoms with Gasteiger partial charge in [-0.25, -0.2) is 0 Å². The van der Waals surface area contributed by atoms with E-state index in [1.807, 2.05) is 20.8 Å². The maximum absolute atomic E-state index is 12.8. The van der Waals surface area contributed by atoms with Crippen molar-refractivity contribution < 1.29 is 38.5 Å². The van der Waals surface area contributed by atoms with E-state index in [0.29, 0.717) is 24.8 Å². The lowest BCUT2D eigenvalue weighted by atomic mass is 9.79. The predicted octanol–water partition coefficient (Wildman–Crippen LogP) is 5.23. The number of esters is 3. The lowest BCUT2D eigenvalue weighted by Gasteiger charge is -2.32. The van der Waals surface area contributed by atoms with Crippen LogP contribution in [0, 0.1) is 17.8 Å². The number of nitrogens with two attached hydrogens (primary N) is 1. The average molecular weight is 536 g/mol. The number of carboxylic acid groups (broad SMARTS) is 1. The minimum atomic E-state index is -1.34. The summed E-state index contributed by atoms with van der Waals surface area (Å²) in [4.78, 5) is 49.5. The smallest absolute Gasteiger partial charge is 0.321 e. The highest BCUT2D eigenvalue weighted by Crippen LogP contribution is 2.38. The largest absolute Gasteiger partial charge is 0.480 e. The van der Waals surface area contributed by atoms with Crippen LogP contribution in [0.1, 0.15) is 98.5 Å². The number of carbonyl (C=O) groups is 4. The van der Waals surface area contributed by atoms with Gasteiger partial charge in [-0.3, -0.25) is 19.2 Å². The number of hydrogen-bond donors (Lipinski definition) is 2. The van der Waals surface area contributed by atoms with Gasteiger partial charge in [-0.15, -0.1) is 0 Å². The maximum Gasteiger partial charge on any atom is 0.321 e. The molecule has 9 heteroatoms. The molecule has 5 unspecified atom stereocenters. The topological polar surface area (TPSA) is 142 Å². The zero-order valence-corrected chi connectivity index (χ0v) is 23.8. The summed E-state index contributed by atoms with van der Waals surface area (Å²) in [6, 6.07) is 3.25. The summed E-state index contributed by atoms with van der Waals surface area (Å²) < 4.78 is 16.8. The molecule has 0 saturated carbocycles. The third-order valence-electron chi connectivity index (χ3n) is 6.77. The minimum Gasteiger partial charge on any atom is -0.480 e. The summed E-state index contributed by atoms with van der Waals surface area (Å²) in [5.41, 5.74) is 6.58. The zero-order chi connectivity index (χ0) is 29.0.